The first kappa shape index (κ1) is 11.7. The molecule has 0 saturated carbocycles. The van der Waals surface area contributed by atoms with Crippen molar-refractivity contribution in [1.29, 1.82) is 0 Å². The predicted molar refractivity (Wildman–Crippen MR) is 70.9 cm³/mol. The van der Waals surface area contributed by atoms with E-state index in [1.807, 2.05) is 21.4 Å². The molecular weight excluding hydrogens is 245 g/mol. The molecule has 98 valence electrons. The smallest absolute Gasteiger partial charge is 0.201 e. The minimum absolute atomic E-state index is 0.336. The van der Waals surface area contributed by atoms with E-state index in [-0.39, 0.29) is 5.82 Å². The molecule has 0 atom stereocenters. The lowest BCUT2D eigenvalue weighted by Crippen LogP contribution is -2.06. The van der Waals surface area contributed by atoms with E-state index in [9.17, 15) is 4.39 Å². The van der Waals surface area contributed by atoms with Crippen molar-refractivity contribution in [2.75, 3.05) is 5.73 Å². The molecule has 0 aliphatic heterocycles. The van der Waals surface area contributed by atoms with E-state index in [0.29, 0.717) is 18.0 Å². The summed E-state index contributed by atoms with van der Waals surface area (Å²) in [7, 11) is 0. The molecule has 0 bridgehead atoms. The number of hydrogen-bond acceptors (Lipinski definition) is 3. The first-order valence-electron chi connectivity index (χ1n) is 6.11. The fourth-order valence-electron chi connectivity index (χ4n) is 2.20. The maximum Gasteiger partial charge on any atom is 0.201 e. The topological polar surface area (TPSA) is 61.7 Å². The van der Waals surface area contributed by atoms with E-state index in [1.165, 1.54) is 6.07 Å². The number of nitrogens with zero attached hydrogens (tertiary/aromatic N) is 4. The average Bonchev–Trinajstić information content (AvgIpc) is 3.00. The van der Waals surface area contributed by atoms with Gasteiger partial charge in [-0.2, -0.15) is 0 Å². The molecule has 0 aliphatic carbocycles. The zero-order chi connectivity index (χ0) is 13.2. The molecule has 3 rings (SSSR count). The van der Waals surface area contributed by atoms with Gasteiger partial charge in [0.1, 0.15) is 5.52 Å². The summed E-state index contributed by atoms with van der Waals surface area (Å²) in [6.45, 7) is 1.54. The third-order valence-corrected chi connectivity index (χ3v) is 3.12. The Morgan fingerprint density at radius 1 is 1.26 bits per heavy atom. The number of imidazole rings is 2. The number of fused-ring (bicyclic) bond motifs is 1. The fraction of sp³-hybridized carbons (Fsp3) is 0.231. The number of nitrogen functional groups attached to an aromatic ring is 1. The predicted octanol–water partition coefficient (Wildman–Crippen LogP) is 2.04. The SMILES string of the molecule is Nc1nc2c(F)cccc2n1CCCn1ccnc1. The van der Waals surface area contributed by atoms with Crippen molar-refractivity contribution in [1.82, 2.24) is 19.1 Å². The van der Waals surface area contributed by atoms with Gasteiger partial charge in [-0.25, -0.2) is 14.4 Å². The number of benzene rings is 1. The monoisotopic (exact) mass is 259 g/mol. The summed E-state index contributed by atoms with van der Waals surface area (Å²) in [6.07, 6.45) is 6.31. The van der Waals surface area contributed by atoms with E-state index < -0.39 is 0 Å². The van der Waals surface area contributed by atoms with Crippen molar-refractivity contribution in [3.8, 4) is 0 Å². The van der Waals surface area contributed by atoms with Gasteiger partial charge in [0.2, 0.25) is 5.95 Å². The van der Waals surface area contributed by atoms with Crippen LogP contribution in [0.1, 0.15) is 6.42 Å². The first-order valence-corrected chi connectivity index (χ1v) is 6.11. The van der Waals surface area contributed by atoms with Crippen molar-refractivity contribution in [3.63, 3.8) is 0 Å². The zero-order valence-corrected chi connectivity index (χ0v) is 10.3. The van der Waals surface area contributed by atoms with Crippen molar-refractivity contribution in [2.45, 2.75) is 19.5 Å². The van der Waals surface area contributed by atoms with E-state index in [1.54, 1.807) is 18.6 Å². The number of para-hydroxylation sites is 1. The largest absolute Gasteiger partial charge is 0.369 e. The van der Waals surface area contributed by atoms with Gasteiger partial charge in [0.25, 0.3) is 0 Å². The van der Waals surface area contributed by atoms with Gasteiger partial charge in [0, 0.05) is 25.5 Å². The van der Waals surface area contributed by atoms with Crippen LogP contribution in [0.25, 0.3) is 11.0 Å². The molecule has 0 fully saturated rings. The molecule has 2 heterocycles. The van der Waals surface area contributed by atoms with E-state index >= 15 is 0 Å². The highest BCUT2D eigenvalue weighted by atomic mass is 19.1. The van der Waals surface area contributed by atoms with Crippen LogP contribution in [0.2, 0.25) is 0 Å². The molecule has 0 radical (unpaired) electrons. The van der Waals surface area contributed by atoms with Crippen LogP contribution in [0.3, 0.4) is 0 Å². The molecule has 3 aromatic rings. The standard InChI is InChI=1S/C13H14FN5/c14-10-3-1-4-11-12(10)17-13(15)19(11)7-2-6-18-8-5-16-9-18/h1,3-5,8-9H,2,6-7H2,(H2,15,17). The zero-order valence-electron chi connectivity index (χ0n) is 10.3. The molecule has 0 saturated heterocycles. The molecule has 5 nitrogen and oxygen atoms in total. The minimum atomic E-state index is -0.336. The Hall–Kier alpha value is -2.37. The highest BCUT2D eigenvalue weighted by Gasteiger charge is 2.10. The average molecular weight is 259 g/mol. The van der Waals surface area contributed by atoms with Crippen LogP contribution in [-0.2, 0) is 13.1 Å². The highest BCUT2D eigenvalue weighted by Crippen LogP contribution is 2.20. The Bertz CT molecular complexity index is 686. The lowest BCUT2D eigenvalue weighted by atomic mass is 10.3. The first-order chi connectivity index (χ1) is 9.25. The van der Waals surface area contributed by atoms with Crippen LogP contribution < -0.4 is 5.73 Å². The van der Waals surface area contributed by atoms with Gasteiger partial charge < -0.3 is 14.9 Å². The molecule has 0 unspecified atom stereocenters. The molecular formula is C13H14FN5. The normalized spacial score (nSPS) is 11.2. The Kier molecular flexibility index (Phi) is 2.91. The lowest BCUT2D eigenvalue weighted by Gasteiger charge is -2.06. The van der Waals surface area contributed by atoms with Gasteiger partial charge >= 0.3 is 0 Å². The maximum atomic E-state index is 13.6. The van der Waals surface area contributed by atoms with Crippen LogP contribution in [0.15, 0.2) is 36.9 Å². The summed E-state index contributed by atoms with van der Waals surface area (Å²) in [5, 5.41) is 0. The molecule has 2 aromatic heterocycles. The number of anilines is 1. The van der Waals surface area contributed by atoms with Crippen LogP contribution in [0.5, 0.6) is 0 Å². The molecule has 19 heavy (non-hydrogen) atoms. The second-order valence-electron chi connectivity index (χ2n) is 4.38. The molecule has 1 aromatic carbocycles. The van der Waals surface area contributed by atoms with Crippen molar-refractivity contribution in [3.05, 3.63) is 42.7 Å². The lowest BCUT2D eigenvalue weighted by molar-refractivity contribution is 0.575. The molecule has 0 spiro atoms. The van der Waals surface area contributed by atoms with Crippen molar-refractivity contribution >= 4 is 17.0 Å². The fourth-order valence-corrected chi connectivity index (χ4v) is 2.20. The Morgan fingerprint density at radius 2 is 2.16 bits per heavy atom. The third kappa shape index (κ3) is 2.16. The van der Waals surface area contributed by atoms with Gasteiger partial charge in [-0.3, -0.25) is 0 Å². The number of halogens is 1. The second-order valence-corrected chi connectivity index (χ2v) is 4.38. The second kappa shape index (κ2) is 4.72. The summed E-state index contributed by atoms with van der Waals surface area (Å²) in [5.74, 6) is 0.0169. The number of aromatic nitrogens is 4. The highest BCUT2D eigenvalue weighted by molar-refractivity contribution is 5.78. The van der Waals surface area contributed by atoms with E-state index in [4.69, 9.17) is 5.73 Å². The molecule has 2 N–H and O–H groups in total. The molecule has 0 aliphatic rings. The van der Waals surface area contributed by atoms with Gasteiger partial charge in [0.15, 0.2) is 5.82 Å². The quantitative estimate of drug-likeness (QED) is 0.780. The maximum absolute atomic E-state index is 13.6. The number of hydrogen-bond donors (Lipinski definition) is 1. The van der Waals surface area contributed by atoms with Crippen LogP contribution in [0, 0.1) is 5.82 Å². The molecule has 0 amide bonds. The Balaban J connectivity index is 1.81. The summed E-state index contributed by atoms with van der Waals surface area (Å²) < 4.78 is 17.4. The van der Waals surface area contributed by atoms with Crippen molar-refractivity contribution < 1.29 is 4.39 Å². The van der Waals surface area contributed by atoms with Crippen LogP contribution in [-0.4, -0.2) is 19.1 Å². The van der Waals surface area contributed by atoms with Crippen LogP contribution >= 0.6 is 0 Å². The van der Waals surface area contributed by atoms with Crippen LogP contribution in [0.4, 0.5) is 10.3 Å². The Morgan fingerprint density at radius 3 is 2.95 bits per heavy atom. The summed E-state index contributed by atoms with van der Waals surface area (Å²) in [6, 6.07) is 4.90. The van der Waals surface area contributed by atoms with Gasteiger partial charge in [-0.15, -0.1) is 0 Å². The minimum Gasteiger partial charge on any atom is -0.369 e. The number of nitrogens with two attached hydrogens (primary N) is 1. The summed E-state index contributed by atoms with van der Waals surface area (Å²) in [4.78, 5) is 8.06. The van der Waals surface area contributed by atoms with E-state index in [2.05, 4.69) is 9.97 Å². The summed E-state index contributed by atoms with van der Waals surface area (Å²) in [5.41, 5.74) is 6.92. The third-order valence-electron chi connectivity index (χ3n) is 3.12. The van der Waals surface area contributed by atoms with Gasteiger partial charge in [0.05, 0.1) is 11.8 Å². The van der Waals surface area contributed by atoms with Gasteiger partial charge in [-0.1, -0.05) is 6.07 Å². The van der Waals surface area contributed by atoms with Crippen molar-refractivity contribution in [2.24, 2.45) is 0 Å². The van der Waals surface area contributed by atoms with Gasteiger partial charge in [-0.05, 0) is 18.6 Å². The number of aryl methyl sites for hydroxylation is 2. The summed E-state index contributed by atoms with van der Waals surface area (Å²) >= 11 is 0. The molecule has 6 heteroatoms. The van der Waals surface area contributed by atoms with E-state index in [0.717, 1.165) is 18.5 Å². The Labute approximate surface area is 109 Å². The number of rotatable bonds is 4.